The van der Waals surface area contributed by atoms with Crippen molar-refractivity contribution in [3.05, 3.63) is 11.6 Å². The van der Waals surface area contributed by atoms with E-state index in [1.54, 1.807) is 6.92 Å². The van der Waals surface area contributed by atoms with Crippen molar-refractivity contribution in [2.24, 2.45) is 40.4 Å². The summed E-state index contributed by atoms with van der Waals surface area (Å²) in [5.74, 6) is -3.95. The molecule has 3 saturated carbocycles. The van der Waals surface area contributed by atoms with Crippen molar-refractivity contribution in [1.82, 2.24) is 0 Å². The summed E-state index contributed by atoms with van der Waals surface area (Å²) in [5, 5.41) is 124. The molecule has 26 heteroatoms. The molecule has 77 heavy (non-hydrogen) atoms. The van der Waals surface area contributed by atoms with Gasteiger partial charge in [0.05, 0.1) is 36.1 Å². The van der Waals surface area contributed by atoms with E-state index in [4.69, 9.17) is 42.1 Å². The molecule has 4 aliphatic carbocycles. The second-order valence-electron chi connectivity index (χ2n) is 24.5. The van der Waals surface area contributed by atoms with Gasteiger partial charge in [-0.3, -0.25) is 8.98 Å². The molecule has 4 saturated heterocycles. The third-order valence-electron chi connectivity index (χ3n) is 18.7. The first-order valence-electron chi connectivity index (χ1n) is 26.9. The molecule has 0 radical (unpaired) electrons. The molecule has 0 aromatic heterocycles. The van der Waals surface area contributed by atoms with Crippen LogP contribution in [-0.4, -0.2) is 215 Å². The molecule has 0 bridgehead atoms. The van der Waals surface area contributed by atoms with Gasteiger partial charge in [-0.25, -0.2) is 8.42 Å². The fourth-order valence-corrected chi connectivity index (χ4v) is 15.1. The SMILES string of the molecule is CC(C)CC(=O)C[C@](C)(O)C1CCC2C3C[C@H](OC4OC(C)C(O)(O)C(OC5OC(C)C(OC6OC(C)C(O)C(O)C6O)C(O)C5OC5OC(C)C(O)C(O)C5O)C4O)[C@H]4CC(OS(=O)(=O)[O-])CCC4(C)C3=CCC21C.[Na+]. The number of Topliss-reactive ketones (excluding diaryl/α,β-unsaturated/α-hetero) is 1. The molecule has 0 amide bonds. The third-order valence-corrected chi connectivity index (χ3v) is 19.2. The standard InChI is InChI=1S/C51H84O24S.Na/c1-20(2)16-25(52)19-50(9,61)32-11-10-28-27-18-31(30-17-26(75-76(64,65)66)12-14-48(30,7)29(27)13-15-49(28,32)8)71-46-40(60)43(51(62,63)24(6)70-46)74-47-42(73-45-38(58)36(56)34(54)22(4)68-45)39(59)41(23(5)69-47)72-44-37(57)35(55)33(53)21(3)67-44;/h13,20-24,26-28,30-47,53-63H,10-12,14-19H2,1-9H3,(H,64,65,66);/q;+1/p-1/t21?,22?,23?,24?,26?,27?,28?,30-,31+,32?,33?,34?,35?,36?,37?,38?,39?,40?,41?,42?,43?,44?,45?,46?,47?,48?,49?,50+;/m1./s1. The van der Waals surface area contributed by atoms with Gasteiger partial charge in [-0.15, -0.1) is 0 Å². The number of ketones is 1. The maximum Gasteiger partial charge on any atom is 1.00 e. The van der Waals surface area contributed by atoms with Crippen molar-refractivity contribution in [3.8, 4) is 0 Å². The summed E-state index contributed by atoms with van der Waals surface area (Å²) >= 11 is 0. The Labute approximate surface area is 471 Å². The second-order valence-corrected chi connectivity index (χ2v) is 25.5. The van der Waals surface area contributed by atoms with Crippen molar-refractivity contribution in [3.63, 3.8) is 0 Å². The maximum absolute atomic E-state index is 13.2. The average Bonchev–Trinajstić information content (AvgIpc) is 3.70. The van der Waals surface area contributed by atoms with Gasteiger partial charge in [-0.2, -0.15) is 0 Å². The first-order valence-corrected chi connectivity index (χ1v) is 28.2. The monoisotopic (exact) mass is 1130 g/mol. The van der Waals surface area contributed by atoms with Crippen molar-refractivity contribution in [2.75, 3.05) is 0 Å². The zero-order valence-electron chi connectivity index (χ0n) is 45.6. The molecule has 7 fully saturated rings. The summed E-state index contributed by atoms with van der Waals surface area (Å²) < 4.78 is 89.7. The molecule has 25 unspecified atom stereocenters. The summed E-state index contributed by atoms with van der Waals surface area (Å²) in [6.07, 6.45) is -28.7. The van der Waals surface area contributed by atoms with E-state index >= 15 is 0 Å². The second kappa shape index (κ2) is 23.9. The summed E-state index contributed by atoms with van der Waals surface area (Å²) in [5.41, 5.74) is -1.33. The molecule has 8 aliphatic rings. The Kier molecular flexibility index (Phi) is 19.9. The van der Waals surface area contributed by atoms with Gasteiger partial charge in [-0.05, 0) is 120 Å². The van der Waals surface area contributed by atoms with E-state index < -0.39 is 167 Å². The molecule has 28 atom stereocenters. The van der Waals surface area contributed by atoms with E-state index in [0.717, 1.165) is 5.57 Å². The van der Waals surface area contributed by atoms with E-state index in [9.17, 15) is 73.9 Å². The van der Waals surface area contributed by atoms with E-state index in [2.05, 4.69) is 13.0 Å². The van der Waals surface area contributed by atoms with Gasteiger partial charge in [-0.1, -0.05) is 39.3 Å². The van der Waals surface area contributed by atoms with Crippen LogP contribution >= 0.6 is 0 Å². The number of fused-ring (bicyclic) bond motifs is 5. The number of rotatable bonds is 15. The van der Waals surface area contributed by atoms with Crippen LogP contribution in [0.4, 0.5) is 0 Å². The molecule has 0 aromatic rings. The summed E-state index contributed by atoms with van der Waals surface area (Å²) in [7, 11) is -5.13. The fraction of sp³-hybridized carbons (Fsp3) is 0.941. The van der Waals surface area contributed by atoms with Gasteiger partial charge in [0.2, 0.25) is 16.2 Å². The number of carbonyl (C=O) groups is 1. The number of aliphatic hydroxyl groups excluding tert-OH is 8. The smallest absolute Gasteiger partial charge is 0.726 e. The van der Waals surface area contributed by atoms with Crippen LogP contribution in [0.15, 0.2) is 11.6 Å². The van der Waals surface area contributed by atoms with Crippen LogP contribution in [0.3, 0.4) is 0 Å². The van der Waals surface area contributed by atoms with Gasteiger partial charge in [0.15, 0.2) is 25.2 Å². The molecule has 4 heterocycles. The Morgan fingerprint density at radius 1 is 0.727 bits per heavy atom. The van der Waals surface area contributed by atoms with Crippen molar-refractivity contribution < 1.29 is 146 Å². The summed E-state index contributed by atoms with van der Waals surface area (Å²) in [4.78, 5) is 13.2. The zero-order chi connectivity index (χ0) is 56.1. The zero-order valence-corrected chi connectivity index (χ0v) is 48.4. The number of hydrogen-bond donors (Lipinski definition) is 11. The topological polar surface area (TPSA) is 380 Å². The van der Waals surface area contributed by atoms with Crippen molar-refractivity contribution in [1.29, 1.82) is 0 Å². The number of allylic oxidation sites excluding steroid dienone is 2. The van der Waals surface area contributed by atoms with E-state index in [0.29, 0.717) is 32.1 Å². The number of ether oxygens (including phenoxy) is 8. The van der Waals surface area contributed by atoms with Crippen molar-refractivity contribution >= 4 is 16.2 Å². The van der Waals surface area contributed by atoms with Crippen LogP contribution in [0.2, 0.25) is 0 Å². The molecule has 438 valence electrons. The molecule has 4 aliphatic heterocycles. The Bertz CT molecular complexity index is 2190. The van der Waals surface area contributed by atoms with Crippen molar-refractivity contribution in [2.45, 2.75) is 260 Å². The van der Waals surface area contributed by atoms with Gasteiger partial charge in [0, 0.05) is 12.8 Å². The average molecular weight is 1140 g/mol. The predicted molar refractivity (Wildman–Crippen MR) is 257 cm³/mol. The van der Waals surface area contributed by atoms with Gasteiger partial charge in [0.1, 0.15) is 79.0 Å². The minimum absolute atomic E-state index is 0. The van der Waals surface area contributed by atoms with Crippen LogP contribution in [0.25, 0.3) is 0 Å². The third kappa shape index (κ3) is 12.5. The molecular weight excluding hydrogens is 1050 g/mol. The normalized spacial score (nSPS) is 49.8. The maximum atomic E-state index is 13.2. The van der Waals surface area contributed by atoms with E-state index in [1.807, 2.05) is 20.8 Å². The largest absolute Gasteiger partial charge is 1.00 e. The minimum Gasteiger partial charge on any atom is -0.726 e. The van der Waals surface area contributed by atoms with Crippen LogP contribution in [-0.2, 0) is 57.3 Å². The van der Waals surface area contributed by atoms with Gasteiger partial charge >= 0.3 is 29.6 Å². The Balaban J connectivity index is 0.00000861. The first-order chi connectivity index (χ1) is 35.2. The number of hydrogen-bond acceptors (Lipinski definition) is 24. The summed E-state index contributed by atoms with van der Waals surface area (Å²) in [6.45, 7) is 15.3. The van der Waals surface area contributed by atoms with Crippen LogP contribution < -0.4 is 29.6 Å². The number of aliphatic hydroxyl groups is 11. The molecule has 8 rings (SSSR count). The van der Waals surface area contributed by atoms with Crippen LogP contribution in [0.5, 0.6) is 0 Å². The van der Waals surface area contributed by atoms with Gasteiger partial charge in [0.25, 0.3) is 0 Å². The Morgan fingerprint density at radius 2 is 1.29 bits per heavy atom. The molecule has 24 nitrogen and oxygen atoms in total. The first kappa shape index (κ1) is 64.1. The molecule has 11 N–H and O–H groups in total. The van der Waals surface area contributed by atoms with Crippen LogP contribution in [0, 0.1) is 40.4 Å². The van der Waals surface area contributed by atoms with E-state index in [-0.39, 0.29) is 84.7 Å². The fourth-order valence-electron chi connectivity index (χ4n) is 14.6. The number of carbonyl (C=O) groups excluding carboxylic acids is 1. The van der Waals surface area contributed by atoms with E-state index in [1.165, 1.54) is 27.7 Å². The van der Waals surface area contributed by atoms with Crippen LogP contribution in [0.1, 0.15) is 120 Å². The Hall–Kier alpha value is -0.480. The predicted octanol–water partition coefficient (Wildman–Crippen LogP) is -4.13. The molecular formula is C51H83NaO24S. The molecule has 0 aromatic carbocycles. The molecule has 0 spiro atoms. The summed E-state index contributed by atoms with van der Waals surface area (Å²) in [6, 6.07) is 0. The van der Waals surface area contributed by atoms with Gasteiger partial charge < -0.3 is 98.6 Å². The Morgan fingerprint density at radius 3 is 1.86 bits per heavy atom. The minimum atomic E-state index is -5.13. The quantitative estimate of drug-likeness (QED) is 0.0244.